The van der Waals surface area contributed by atoms with Crippen LogP contribution in [0.3, 0.4) is 0 Å². The monoisotopic (exact) mass is 712 g/mol. The molecule has 262 valence electrons. The van der Waals surface area contributed by atoms with Gasteiger partial charge in [-0.3, -0.25) is 0 Å². The van der Waals surface area contributed by atoms with Crippen LogP contribution in [0.15, 0.2) is 218 Å². The fraction of sp³-hybridized carbons (Fsp3) is 0. The standard InChI is InChI=1S/C54H36N2/c1-5-15-37(16-6-1)41-27-32-52-50(36-41)49-31-30-48-47-23-13-14-24-51(47)55(45-21-11-4-12-22-45)53(48)54(49)56(52)46-28-25-40(26-29-46)44-34-42(38-17-7-2-8-18-38)33-43(35-44)39-19-9-3-10-20-39/h1-36H. The summed E-state index contributed by atoms with van der Waals surface area (Å²) in [5.74, 6) is 0. The molecule has 0 atom stereocenters. The molecule has 0 saturated carbocycles. The molecule has 2 nitrogen and oxygen atoms in total. The molecule has 0 spiro atoms. The topological polar surface area (TPSA) is 9.86 Å². The Kier molecular flexibility index (Phi) is 7.53. The van der Waals surface area contributed by atoms with Gasteiger partial charge in [0.15, 0.2) is 0 Å². The Labute approximate surface area is 325 Å². The van der Waals surface area contributed by atoms with Gasteiger partial charge in [-0.1, -0.05) is 158 Å². The van der Waals surface area contributed by atoms with Crippen molar-refractivity contribution in [2.24, 2.45) is 0 Å². The van der Waals surface area contributed by atoms with Crippen LogP contribution >= 0.6 is 0 Å². The number of benzene rings is 9. The van der Waals surface area contributed by atoms with Gasteiger partial charge in [0.2, 0.25) is 0 Å². The number of hydrogen-bond acceptors (Lipinski definition) is 0. The Morgan fingerprint density at radius 3 is 1.16 bits per heavy atom. The molecule has 2 aromatic heterocycles. The number of aromatic nitrogens is 2. The zero-order valence-electron chi connectivity index (χ0n) is 30.7. The minimum Gasteiger partial charge on any atom is -0.307 e. The molecular weight excluding hydrogens is 677 g/mol. The van der Waals surface area contributed by atoms with Gasteiger partial charge in [-0.25, -0.2) is 0 Å². The van der Waals surface area contributed by atoms with Crippen molar-refractivity contribution < 1.29 is 0 Å². The molecule has 0 aliphatic heterocycles. The number of nitrogens with zero attached hydrogens (tertiary/aromatic N) is 2. The van der Waals surface area contributed by atoms with Crippen LogP contribution in [0.4, 0.5) is 0 Å². The molecule has 0 aliphatic rings. The van der Waals surface area contributed by atoms with Gasteiger partial charge in [-0.15, -0.1) is 0 Å². The highest BCUT2D eigenvalue weighted by Crippen LogP contribution is 2.43. The van der Waals surface area contributed by atoms with Gasteiger partial charge < -0.3 is 9.13 Å². The predicted octanol–water partition coefficient (Wildman–Crippen LogP) is 14.5. The Morgan fingerprint density at radius 2 is 0.607 bits per heavy atom. The van der Waals surface area contributed by atoms with Crippen LogP contribution in [0.1, 0.15) is 0 Å². The third-order valence-corrected chi connectivity index (χ3v) is 11.3. The highest BCUT2D eigenvalue weighted by molar-refractivity contribution is 6.24. The first kappa shape index (κ1) is 32.0. The minimum atomic E-state index is 1.13. The Hall–Kier alpha value is -7.42. The second-order valence-electron chi connectivity index (χ2n) is 14.6. The Bertz CT molecular complexity index is 3130. The van der Waals surface area contributed by atoms with Crippen LogP contribution < -0.4 is 0 Å². The maximum Gasteiger partial charge on any atom is 0.0788 e. The highest BCUT2D eigenvalue weighted by Gasteiger charge is 2.21. The molecule has 0 bridgehead atoms. The third-order valence-electron chi connectivity index (χ3n) is 11.3. The summed E-state index contributed by atoms with van der Waals surface area (Å²) < 4.78 is 4.94. The van der Waals surface area contributed by atoms with Crippen molar-refractivity contribution in [3.05, 3.63) is 218 Å². The second-order valence-corrected chi connectivity index (χ2v) is 14.6. The van der Waals surface area contributed by atoms with E-state index >= 15 is 0 Å². The molecule has 11 rings (SSSR count). The van der Waals surface area contributed by atoms with E-state index in [-0.39, 0.29) is 0 Å². The summed E-state index contributed by atoms with van der Waals surface area (Å²) >= 11 is 0. The summed E-state index contributed by atoms with van der Waals surface area (Å²) in [4.78, 5) is 0. The van der Waals surface area contributed by atoms with Crippen molar-refractivity contribution in [1.82, 2.24) is 9.13 Å². The van der Waals surface area contributed by atoms with Crippen LogP contribution in [0, 0.1) is 0 Å². The summed E-state index contributed by atoms with van der Waals surface area (Å²) in [7, 11) is 0. The summed E-state index contributed by atoms with van der Waals surface area (Å²) in [6, 6.07) is 79.4. The van der Waals surface area contributed by atoms with Crippen LogP contribution in [0.25, 0.3) is 99.5 Å². The third kappa shape index (κ3) is 5.26. The van der Waals surface area contributed by atoms with Crippen LogP contribution in [0.5, 0.6) is 0 Å². The molecular formula is C54H36N2. The quantitative estimate of drug-likeness (QED) is 0.162. The normalized spacial score (nSPS) is 11.6. The lowest BCUT2D eigenvalue weighted by Crippen LogP contribution is -1.98. The fourth-order valence-electron chi connectivity index (χ4n) is 8.67. The maximum atomic E-state index is 2.49. The van der Waals surface area contributed by atoms with E-state index in [4.69, 9.17) is 0 Å². The van der Waals surface area contributed by atoms with Crippen LogP contribution in [-0.4, -0.2) is 9.13 Å². The number of hydrogen-bond donors (Lipinski definition) is 0. The molecule has 0 saturated heterocycles. The molecule has 2 heteroatoms. The molecule has 0 radical (unpaired) electrons. The first-order valence-corrected chi connectivity index (χ1v) is 19.3. The zero-order valence-corrected chi connectivity index (χ0v) is 30.7. The molecule has 56 heavy (non-hydrogen) atoms. The summed E-state index contributed by atoms with van der Waals surface area (Å²) in [6.45, 7) is 0. The SMILES string of the molecule is c1ccc(-c2cc(-c3ccccc3)cc(-c3ccc(-n4c5ccc(-c6ccccc6)cc5c5ccc6c7ccccc7n(-c7ccccc7)c6c54)cc3)c2)cc1. The van der Waals surface area contributed by atoms with Gasteiger partial charge in [-0.05, 0) is 105 Å². The number of rotatable bonds is 6. The molecule has 9 aromatic carbocycles. The van der Waals surface area contributed by atoms with E-state index in [1.54, 1.807) is 0 Å². The van der Waals surface area contributed by atoms with E-state index < -0.39 is 0 Å². The van der Waals surface area contributed by atoms with E-state index in [1.165, 1.54) is 88.1 Å². The van der Waals surface area contributed by atoms with Crippen LogP contribution in [0.2, 0.25) is 0 Å². The lowest BCUT2D eigenvalue weighted by atomic mass is 9.93. The van der Waals surface area contributed by atoms with Crippen molar-refractivity contribution in [3.63, 3.8) is 0 Å². The van der Waals surface area contributed by atoms with E-state index in [0.717, 1.165) is 11.4 Å². The smallest absolute Gasteiger partial charge is 0.0788 e. The molecule has 2 heterocycles. The van der Waals surface area contributed by atoms with Crippen molar-refractivity contribution >= 4 is 43.6 Å². The minimum absolute atomic E-state index is 1.13. The molecule has 0 N–H and O–H groups in total. The lowest BCUT2D eigenvalue weighted by molar-refractivity contribution is 1.15. The number of fused-ring (bicyclic) bond motifs is 7. The van der Waals surface area contributed by atoms with Gasteiger partial charge in [0.1, 0.15) is 0 Å². The molecule has 0 fully saturated rings. The van der Waals surface area contributed by atoms with E-state index in [1.807, 2.05) is 0 Å². The van der Waals surface area contributed by atoms with Gasteiger partial charge in [0.05, 0.1) is 22.1 Å². The zero-order chi connectivity index (χ0) is 37.0. The molecule has 0 unspecified atom stereocenters. The summed E-state index contributed by atoms with van der Waals surface area (Å²) in [5.41, 5.74) is 16.7. The van der Waals surface area contributed by atoms with Gasteiger partial charge >= 0.3 is 0 Å². The van der Waals surface area contributed by atoms with Crippen LogP contribution in [-0.2, 0) is 0 Å². The Morgan fingerprint density at radius 1 is 0.214 bits per heavy atom. The van der Waals surface area contributed by atoms with Crippen molar-refractivity contribution in [2.75, 3.05) is 0 Å². The van der Waals surface area contributed by atoms with Gasteiger partial charge in [0.25, 0.3) is 0 Å². The average molecular weight is 713 g/mol. The van der Waals surface area contributed by atoms with Gasteiger partial charge in [-0.2, -0.15) is 0 Å². The maximum absolute atomic E-state index is 2.49. The highest BCUT2D eigenvalue weighted by atomic mass is 15.0. The largest absolute Gasteiger partial charge is 0.307 e. The predicted molar refractivity (Wildman–Crippen MR) is 237 cm³/mol. The lowest BCUT2D eigenvalue weighted by Gasteiger charge is -2.14. The fourth-order valence-corrected chi connectivity index (χ4v) is 8.67. The summed E-state index contributed by atoms with van der Waals surface area (Å²) in [5, 5.41) is 4.96. The second kappa shape index (κ2) is 13.2. The number of para-hydroxylation sites is 2. The Balaban J connectivity index is 1.16. The van der Waals surface area contributed by atoms with E-state index in [9.17, 15) is 0 Å². The first-order valence-electron chi connectivity index (χ1n) is 19.3. The van der Waals surface area contributed by atoms with Crippen molar-refractivity contribution in [3.8, 4) is 55.9 Å². The first-order chi connectivity index (χ1) is 27.8. The van der Waals surface area contributed by atoms with Gasteiger partial charge in [0, 0.05) is 32.9 Å². The van der Waals surface area contributed by atoms with Crippen molar-refractivity contribution in [1.29, 1.82) is 0 Å². The molecule has 0 aliphatic carbocycles. The van der Waals surface area contributed by atoms with E-state index in [0.29, 0.717) is 0 Å². The summed E-state index contributed by atoms with van der Waals surface area (Å²) in [6.07, 6.45) is 0. The average Bonchev–Trinajstić information content (AvgIpc) is 3.80. The van der Waals surface area contributed by atoms with E-state index in [2.05, 4.69) is 228 Å². The molecule has 11 aromatic rings. The van der Waals surface area contributed by atoms with Crippen molar-refractivity contribution in [2.45, 2.75) is 0 Å². The molecule has 0 amide bonds.